The maximum Gasteiger partial charge on any atom is 0.225 e. The Bertz CT molecular complexity index is 317. The molecular formula is C16H31ClN2O2. The van der Waals surface area contributed by atoms with Crippen molar-refractivity contribution in [2.24, 2.45) is 11.8 Å². The highest BCUT2D eigenvalue weighted by Crippen LogP contribution is 2.22. The number of carbonyl (C=O) groups is 1. The minimum atomic E-state index is 0. The molecule has 0 aromatic heterocycles. The van der Waals surface area contributed by atoms with Gasteiger partial charge in [-0.25, -0.2) is 0 Å². The van der Waals surface area contributed by atoms with Crippen molar-refractivity contribution in [2.45, 2.75) is 58.6 Å². The molecule has 2 rings (SSSR count). The highest BCUT2D eigenvalue weighted by atomic mass is 35.5. The summed E-state index contributed by atoms with van der Waals surface area (Å²) in [6.07, 6.45) is 4.33. The van der Waals surface area contributed by atoms with Crippen LogP contribution < -0.4 is 5.32 Å². The lowest BCUT2D eigenvalue weighted by atomic mass is 9.91. The van der Waals surface area contributed by atoms with Crippen molar-refractivity contribution in [1.29, 1.82) is 0 Å². The van der Waals surface area contributed by atoms with Gasteiger partial charge < -0.3 is 15.0 Å². The lowest BCUT2D eigenvalue weighted by Crippen LogP contribution is -2.47. The first-order chi connectivity index (χ1) is 9.56. The molecule has 124 valence electrons. The Balaban J connectivity index is 0.00000220. The van der Waals surface area contributed by atoms with Crippen molar-refractivity contribution < 1.29 is 9.53 Å². The third-order valence-corrected chi connectivity index (χ3v) is 4.39. The van der Waals surface area contributed by atoms with E-state index >= 15 is 0 Å². The number of halogens is 1. The summed E-state index contributed by atoms with van der Waals surface area (Å²) >= 11 is 0. The molecule has 1 N–H and O–H groups in total. The zero-order valence-corrected chi connectivity index (χ0v) is 14.5. The van der Waals surface area contributed by atoms with Gasteiger partial charge in [-0.2, -0.15) is 0 Å². The summed E-state index contributed by atoms with van der Waals surface area (Å²) in [5.74, 6) is 1.20. The number of rotatable bonds is 4. The van der Waals surface area contributed by atoms with Crippen molar-refractivity contribution in [3.63, 3.8) is 0 Å². The number of amides is 1. The van der Waals surface area contributed by atoms with Gasteiger partial charge in [-0.15, -0.1) is 12.4 Å². The summed E-state index contributed by atoms with van der Waals surface area (Å²) in [4.78, 5) is 14.6. The van der Waals surface area contributed by atoms with Crippen LogP contribution in [0.15, 0.2) is 0 Å². The summed E-state index contributed by atoms with van der Waals surface area (Å²) in [5.41, 5.74) is 0. The minimum Gasteiger partial charge on any atom is -0.378 e. The quantitative estimate of drug-likeness (QED) is 0.865. The predicted molar refractivity (Wildman–Crippen MR) is 87.8 cm³/mol. The number of ether oxygens (including phenoxy) is 1. The molecular weight excluding hydrogens is 288 g/mol. The van der Waals surface area contributed by atoms with Gasteiger partial charge in [-0.1, -0.05) is 13.8 Å². The highest BCUT2D eigenvalue weighted by molar-refractivity contribution is 5.85. The molecule has 5 heteroatoms. The first kappa shape index (κ1) is 18.7. The summed E-state index contributed by atoms with van der Waals surface area (Å²) in [5, 5.41) is 3.41. The molecule has 2 aliphatic rings. The zero-order chi connectivity index (χ0) is 14.5. The van der Waals surface area contributed by atoms with Gasteiger partial charge in [0.05, 0.1) is 6.10 Å². The Morgan fingerprint density at radius 3 is 2.52 bits per heavy atom. The van der Waals surface area contributed by atoms with Gasteiger partial charge in [0.2, 0.25) is 5.91 Å². The molecule has 0 spiro atoms. The van der Waals surface area contributed by atoms with Crippen molar-refractivity contribution in [2.75, 3.05) is 26.2 Å². The maximum absolute atomic E-state index is 12.5. The lowest BCUT2D eigenvalue weighted by Gasteiger charge is -2.36. The molecule has 2 aliphatic heterocycles. The number of nitrogens with one attached hydrogen (secondary N) is 1. The fourth-order valence-corrected chi connectivity index (χ4v) is 3.19. The van der Waals surface area contributed by atoms with Crippen LogP contribution in [0.2, 0.25) is 0 Å². The first-order valence-electron chi connectivity index (χ1n) is 8.20. The Morgan fingerprint density at radius 2 is 1.95 bits per heavy atom. The van der Waals surface area contributed by atoms with Crippen molar-refractivity contribution in [1.82, 2.24) is 10.2 Å². The SMILES string of the molecule is CC(C)COC1CCN(C(=O)[C@H]2CCN[C@@H](C)C2)CC1.Cl. The minimum absolute atomic E-state index is 0. The second-order valence-electron chi connectivity index (χ2n) is 6.83. The van der Waals surface area contributed by atoms with E-state index in [1.807, 2.05) is 0 Å². The Kier molecular flexibility index (Phi) is 7.99. The summed E-state index contributed by atoms with van der Waals surface area (Å²) in [6.45, 7) is 10.1. The van der Waals surface area contributed by atoms with Crippen LogP contribution in [-0.2, 0) is 9.53 Å². The van der Waals surface area contributed by atoms with Gasteiger partial charge in [0, 0.05) is 31.7 Å². The predicted octanol–water partition coefficient (Wildman–Crippen LogP) is 2.46. The van der Waals surface area contributed by atoms with Crippen LogP contribution in [0.1, 0.15) is 46.5 Å². The highest BCUT2D eigenvalue weighted by Gasteiger charge is 2.31. The molecule has 0 bridgehead atoms. The molecule has 0 aromatic rings. The number of carbonyl (C=O) groups excluding carboxylic acids is 1. The van der Waals surface area contributed by atoms with E-state index in [1.54, 1.807) is 0 Å². The number of piperidine rings is 2. The van der Waals surface area contributed by atoms with Crippen LogP contribution in [0.4, 0.5) is 0 Å². The molecule has 21 heavy (non-hydrogen) atoms. The van der Waals surface area contributed by atoms with Crippen LogP contribution in [0.3, 0.4) is 0 Å². The molecule has 0 aliphatic carbocycles. The molecule has 2 heterocycles. The maximum atomic E-state index is 12.5. The Morgan fingerprint density at radius 1 is 1.29 bits per heavy atom. The van der Waals surface area contributed by atoms with Crippen LogP contribution in [0, 0.1) is 11.8 Å². The fraction of sp³-hybridized carbons (Fsp3) is 0.938. The van der Waals surface area contributed by atoms with E-state index in [4.69, 9.17) is 4.74 Å². The van der Waals surface area contributed by atoms with Gasteiger partial charge in [0.1, 0.15) is 0 Å². The molecule has 0 radical (unpaired) electrons. The average molecular weight is 319 g/mol. The largest absolute Gasteiger partial charge is 0.378 e. The summed E-state index contributed by atoms with van der Waals surface area (Å²) in [6, 6.07) is 0.476. The van der Waals surface area contributed by atoms with E-state index in [0.29, 0.717) is 24.0 Å². The van der Waals surface area contributed by atoms with Gasteiger partial charge in [0.15, 0.2) is 0 Å². The van der Waals surface area contributed by atoms with E-state index < -0.39 is 0 Å². The normalized spacial score (nSPS) is 27.5. The smallest absolute Gasteiger partial charge is 0.225 e. The zero-order valence-electron chi connectivity index (χ0n) is 13.6. The number of nitrogens with zero attached hydrogens (tertiary/aromatic N) is 1. The Hall–Kier alpha value is -0.320. The van der Waals surface area contributed by atoms with Crippen LogP contribution in [0.25, 0.3) is 0 Å². The molecule has 2 saturated heterocycles. The third kappa shape index (κ3) is 5.76. The monoisotopic (exact) mass is 318 g/mol. The molecule has 0 saturated carbocycles. The molecule has 0 aromatic carbocycles. The van der Waals surface area contributed by atoms with Crippen molar-refractivity contribution in [3.05, 3.63) is 0 Å². The van der Waals surface area contributed by atoms with E-state index in [2.05, 4.69) is 31.0 Å². The van der Waals surface area contributed by atoms with Gasteiger partial charge >= 0.3 is 0 Å². The topological polar surface area (TPSA) is 41.6 Å². The lowest BCUT2D eigenvalue weighted by molar-refractivity contribution is -0.139. The second-order valence-corrected chi connectivity index (χ2v) is 6.83. The van der Waals surface area contributed by atoms with Crippen molar-refractivity contribution in [3.8, 4) is 0 Å². The van der Waals surface area contributed by atoms with E-state index in [1.165, 1.54) is 0 Å². The van der Waals surface area contributed by atoms with Gasteiger partial charge in [-0.3, -0.25) is 4.79 Å². The molecule has 4 nitrogen and oxygen atoms in total. The summed E-state index contributed by atoms with van der Waals surface area (Å²) in [7, 11) is 0. The average Bonchev–Trinajstić information content (AvgIpc) is 2.45. The standard InChI is InChI=1S/C16H30N2O2.ClH/c1-12(2)11-20-15-5-8-18(9-6-15)16(19)14-4-7-17-13(3)10-14;/h12-15,17H,4-11H2,1-3H3;1H/t13-,14-;/m0./s1. The Labute approximate surface area is 135 Å². The first-order valence-corrected chi connectivity index (χ1v) is 8.20. The van der Waals surface area contributed by atoms with Gasteiger partial charge in [0.25, 0.3) is 0 Å². The van der Waals surface area contributed by atoms with Crippen molar-refractivity contribution >= 4 is 18.3 Å². The van der Waals surface area contributed by atoms with Crippen LogP contribution >= 0.6 is 12.4 Å². The number of hydrogen-bond acceptors (Lipinski definition) is 3. The second kappa shape index (κ2) is 8.96. The van der Waals surface area contributed by atoms with Crippen LogP contribution in [-0.4, -0.2) is 49.2 Å². The van der Waals surface area contributed by atoms with E-state index in [9.17, 15) is 4.79 Å². The molecule has 2 atom stereocenters. The molecule has 1 amide bonds. The fourth-order valence-electron chi connectivity index (χ4n) is 3.19. The molecule has 2 fully saturated rings. The summed E-state index contributed by atoms with van der Waals surface area (Å²) < 4.78 is 5.89. The number of hydrogen-bond donors (Lipinski definition) is 1. The number of likely N-dealkylation sites (tertiary alicyclic amines) is 1. The van der Waals surface area contributed by atoms with E-state index in [-0.39, 0.29) is 18.3 Å². The van der Waals surface area contributed by atoms with E-state index in [0.717, 1.165) is 51.9 Å². The van der Waals surface area contributed by atoms with Crippen LogP contribution in [0.5, 0.6) is 0 Å². The molecule has 0 unspecified atom stereocenters. The van der Waals surface area contributed by atoms with Gasteiger partial charge in [-0.05, 0) is 45.1 Å². The third-order valence-electron chi connectivity index (χ3n) is 4.39.